The molecule has 160 valence electrons. The highest BCUT2D eigenvalue weighted by molar-refractivity contribution is 8.26. The molecule has 6 heteroatoms. The number of fused-ring (bicyclic) bond motifs is 1. The molecule has 1 aliphatic heterocycles. The summed E-state index contributed by atoms with van der Waals surface area (Å²) in [5.74, 6) is 0.379. The van der Waals surface area contributed by atoms with Crippen LogP contribution in [0.1, 0.15) is 37.5 Å². The number of carbonyl (C=O) groups is 1. The third kappa shape index (κ3) is 4.59. The number of amides is 1. The standard InChI is InChI=1S/C25H25ClN2OS2/c1-4-18-6-5-7-21-19(12-22-24(29)28(13-16(2)3)25(30)31-22)15-27(23(18)21)14-17-8-10-20(26)11-9-17/h5-12,15-16H,4,13-14H2,1-3H3/b22-12-. The van der Waals surface area contributed by atoms with Gasteiger partial charge in [-0.05, 0) is 41.7 Å². The second-order valence-electron chi connectivity index (χ2n) is 8.19. The summed E-state index contributed by atoms with van der Waals surface area (Å²) >= 11 is 12.9. The van der Waals surface area contributed by atoms with Crippen LogP contribution in [0.3, 0.4) is 0 Å². The number of hydrogen-bond acceptors (Lipinski definition) is 3. The van der Waals surface area contributed by atoms with Crippen LogP contribution in [0.15, 0.2) is 53.6 Å². The van der Waals surface area contributed by atoms with E-state index in [4.69, 9.17) is 23.8 Å². The highest BCUT2D eigenvalue weighted by Gasteiger charge is 2.32. The van der Waals surface area contributed by atoms with Crippen LogP contribution in [0, 0.1) is 5.92 Å². The molecule has 1 aliphatic rings. The molecule has 0 atom stereocenters. The van der Waals surface area contributed by atoms with Crippen molar-refractivity contribution in [2.75, 3.05) is 6.54 Å². The van der Waals surface area contributed by atoms with E-state index < -0.39 is 0 Å². The molecule has 0 unspecified atom stereocenters. The van der Waals surface area contributed by atoms with Gasteiger partial charge in [-0.3, -0.25) is 9.69 Å². The van der Waals surface area contributed by atoms with Gasteiger partial charge in [0.2, 0.25) is 0 Å². The predicted octanol–water partition coefficient (Wildman–Crippen LogP) is 6.76. The Morgan fingerprint density at radius 2 is 1.90 bits per heavy atom. The average molecular weight is 469 g/mol. The second kappa shape index (κ2) is 9.19. The maximum atomic E-state index is 13.0. The molecule has 0 N–H and O–H groups in total. The number of rotatable bonds is 6. The summed E-state index contributed by atoms with van der Waals surface area (Å²) in [6.07, 6.45) is 5.09. The van der Waals surface area contributed by atoms with E-state index in [0.717, 1.165) is 28.9 Å². The summed E-state index contributed by atoms with van der Waals surface area (Å²) < 4.78 is 2.92. The molecule has 1 fully saturated rings. The highest BCUT2D eigenvalue weighted by Crippen LogP contribution is 2.35. The molecule has 0 bridgehead atoms. The van der Waals surface area contributed by atoms with Gasteiger partial charge in [0.1, 0.15) is 4.32 Å². The Morgan fingerprint density at radius 1 is 1.16 bits per heavy atom. The Kier molecular flexibility index (Phi) is 6.56. The summed E-state index contributed by atoms with van der Waals surface area (Å²) in [6.45, 7) is 7.76. The zero-order chi connectivity index (χ0) is 22.1. The Morgan fingerprint density at radius 3 is 2.58 bits per heavy atom. The minimum atomic E-state index is 0.00828. The number of hydrogen-bond donors (Lipinski definition) is 0. The molecule has 0 saturated carbocycles. The van der Waals surface area contributed by atoms with E-state index in [9.17, 15) is 4.79 Å². The normalized spacial score (nSPS) is 15.8. The molecule has 3 aromatic rings. The van der Waals surface area contributed by atoms with E-state index >= 15 is 0 Å². The highest BCUT2D eigenvalue weighted by atomic mass is 35.5. The largest absolute Gasteiger partial charge is 0.342 e. The summed E-state index contributed by atoms with van der Waals surface area (Å²) in [4.78, 5) is 15.4. The molecule has 1 amide bonds. The lowest BCUT2D eigenvalue weighted by Gasteiger charge is -2.16. The molecule has 2 aromatic carbocycles. The number of para-hydroxylation sites is 1. The number of thiocarbonyl (C=S) groups is 1. The first kappa shape index (κ1) is 22.1. The van der Waals surface area contributed by atoms with Crippen LogP contribution in [-0.2, 0) is 17.8 Å². The SMILES string of the molecule is CCc1cccc2c(/C=C3\SC(=S)N(CC(C)C)C3=O)cn(Cc3ccc(Cl)cc3)c12. The number of aromatic nitrogens is 1. The summed E-state index contributed by atoms with van der Waals surface area (Å²) in [5.41, 5.74) is 4.73. The molecule has 31 heavy (non-hydrogen) atoms. The van der Waals surface area contributed by atoms with E-state index in [1.165, 1.54) is 28.4 Å². The fourth-order valence-corrected chi connectivity index (χ4v) is 5.33. The third-order valence-corrected chi connectivity index (χ3v) is 7.00. The minimum Gasteiger partial charge on any atom is -0.342 e. The Labute approximate surface area is 198 Å². The lowest BCUT2D eigenvalue weighted by atomic mass is 10.1. The molecule has 3 nitrogen and oxygen atoms in total. The topological polar surface area (TPSA) is 25.2 Å². The van der Waals surface area contributed by atoms with Crippen LogP contribution in [-0.4, -0.2) is 26.2 Å². The molecule has 4 rings (SSSR count). The van der Waals surface area contributed by atoms with Crippen molar-refractivity contribution in [2.45, 2.75) is 33.7 Å². The zero-order valence-electron chi connectivity index (χ0n) is 17.9. The zero-order valence-corrected chi connectivity index (χ0v) is 20.3. The molecular formula is C25H25ClN2OS2. The van der Waals surface area contributed by atoms with Crippen LogP contribution in [0.5, 0.6) is 0 Å². The first-order chi connectivity index (χ1) is 14.9. The Hall–Kier alpha value is -2.08. The predicted molar refractivity (Wildman–Crippen MR) is 137 cm³/mol. The number of benzene rings is 2. The lowest BCUT2D eigenvalue weighted by Crippen LogP contribution is -2.31. The van der Waals surface area contributed by atoms with Crippen LogP contribution < -0.4 is 0 Å². The van der Waals surface area contributed by atoms with Crippen molar-refractivity contribution in [3.05, 3.63) is 75.3 Å². The van der Waals surface area contributed by atoms with E-state index in [-0.39, 0.29) is 5.91 Å². The van der Waals surface area contributed by atoms with Crippen molar-refractivity contribution in [1.82, 2.24) is 9.47 Å². The van der Waals surface area contributed by atoms with Crippen LogP contribution in [0.2, 0.25) is 5.02 Å². The Bertz CT molecular complexity index is 1180. The van der Waals surface area contributed by atoms with Gasteiger partial charge in [0.05, 0.1) is 10.4 Å². The molecule has 0 aliphatic carbocycles. The molecular weight excluding hydrogens is 444 g/mol. The third-order valence-electron chi connectivity index (χ3n) is 5.37. The Balaban J connectivity index is 1.77. The number of carbonyl (C=O) groups excluding carboxylic acids is 1. The summed E-state index contributed by atoms with van der Waals surface area (Å²) in [7, 11) is 0. The van der Waals surface area contributed by atoms with Gasteiger partial charge in [-0.15, -0.1) is 0 Å². The van der Waals surface area contributed by atoms with Gasteiger partial charge in [0, 0.05) is 35.3 Å². The molecule has 2 heterocycles. The average Bonchev–Trinajstić information content (AvgIpc) is 3.21. The molecule has 1 aromatic heterocycles. The summed E-state index contributed by atoms with van der Waals surface area (Å²) in [6, 6.07) is 14.3. The van der Waals surface area contributed by atoms with Crippen molar-refractivity contribution >= 4 is 62.8 Å². The van der Waals surface area contributed by atoms with Gasteiger partial charge in [-0.2, -0.15) is 0 Å². The van der Waals surface area contributed by atoms with Gasteiger partial charge in [-0.25, -0.2) is 0 Å². The van der Waals surface area contributed by atoms with Crippen LogP contribution >= 0.6 is 35.6 Å². The monoisotopic (exact) mass is 468 g/mol. The van der Waals surface area contributed by atoms with Gasteiger partial charge < -0.3 is 4.57 Å². The van der Waals surface area contributed by atoms with E-state index in [1.54, 1.807) is 4.90 Å². The molecule has 0 spiro atoms. The lowest BCUT2D eigenvalue weighted by molar-refractivity contribution is -0.122. The maximum absolute atomic E-state index is 13.0. The van der Waals surface area contributed by atoms with E-state index in [2.05, 4.69) is 61.9 Å². The number of thioether (sulfide) groups is 1. The van der Waals surface area contributed by atoms with Gasteiger partial charge >= 0.3 is 0 Å². The number of aryl methyl sites for hydroxylation is 1. The fourth-order valence-electron chi connectivity index (χ4n) is 3.94. The first-order valence-corrected chi connectivity index (χ1v) is 12.1. The van der Waals surface area contributed by atoms with Crippen LogP contribution in [0.4, 0.5) is 0 Å². The van der Waals surface area contributed by atoms with Gasteiger partial charge in [0.25, 0.3) is 5.91 Å². The van der Waals surface area contributed by atoms with Gasteiger partial charge in [-0.1, -0.05) is 86.7 Å². The smallest absolute Gasteiger partial charge is 0.266 e. The van der Waals surface area contributed by atoms with Crippen molar-refractivity contribution in [2.24, 2.45) is 5.92 Å². The number of nitrogens with zero attached hydrogens (tertiary/aromatic N) is 2. The molecule has 1 saturated heterocycles. The summed E-state index contributed by atoms with van der Waals surface area (Å²) in [5, 5.41) is 1.89. The fraction of sp³-hybridized carbons (Fsp3) is 0.280. The van der Waals surface area contributed by atoms with Crippen molar-refractivity contribution in [1.29, 1.82) is 0 Å². The van der Waals surface area contributed by atoms with Crippen molar-refractivity contribution in [3.8, 4) is 0 Å². The number of halogens is 1. The maximum Gasteiger partial charge on any atom is 0.266 e. The minimum absolute atomic E-state index is 0.00828. The quantitative estimate of drug-likeness (QED) is 0.295. The molecule has 0 radical (unpaired) electrons. The van der Waals surface area contributed by atoms with Crippen molar-refractivity contribution in [3.63, 3.8) is 0 Å². The van der Waals surface area contributed by atoms with Crippen LogP contribution in [0.25, 0.3) is 17.0 Å². The second-order valence-corrected chi connectivity index (χ2v) is 10.3. The van der Waals surface area contributed by atoms with Crippen molar-refractivity contribution < 1.29 is 4.79 Å². The van der Waals surface area contributed by atoms with E-state index in [0.29, 0.717) is 21.7 Å². The van der Waals surface area contributed by atoms with E-state index in [1.807, 2.05) is 18.2 Å². The van der Waals surface area contributed by atoms with Gasteiger partial charge in [0.15, 0.2) is 0 Å². The first-order valence-electron chi connectivity index (χ1n) is 10.5.